The average Bonchev–Trinajstić information content (AvgIpc) is 2.33. The number of nitrogens with one attached hydrogen (secondary N) is 1. The van der Waals surface area contributed by atoms with Crippen LogP contribution in [0.3, 0.4) is 0 Å². The molecule has 0 saturated heterocycles. The van der Waals surface area contributed by atoms with Crippen LogP contribution in [0.2, 0.25) is 0 Å². The summed E-state index contributed by atoms with van der Waals surface area (Å²) in [5.74, 6) is 0.00249. The Bertz CT molecular complexity index is 210. The highest BCUT2D eigenvalue weighted by Crippen LogP contribution is 1.99. The van der Waals surface area contributed by atoms with E-state index in [1.165, 1.54) is 24.2 Å². The van der Waals surface area contributed by atoms with Crippen molar-refractivity contribution < 1.29 is 14.6 Å². The fourth-order valence-corrected chi connectivity index (χ4v) is 1.41. The van der Waals surface area contributed by atoms with Crippen LogP contribution in [0.15, 0.2) is 0 Å². The van der Waals surface area contributed by atoms with E-state index < -0.39 is 6.10 Å². The SMILES string of the molecule is CCCCCCOCC(O)CNCC(=O)N(C)C. The van der Waals surface area contributed by atoms with Crippen molar-refractivity contribution in [1.82, 2.24) is 10.2 Å². The Morgan fingerprint density at radius 2 is 2.06 bits per heavy atom. The van der Waals surface area contributed by atoms with Crippen molar-refractivity contribution in [2.45, 2.75) is 38.7 Å². The highest BCUT2D eigenvalue weighted by molar-refractivity contribution is 5.77. The van der Waals surface area contributed by atoms with Crippen LogP contribution in [-0.2, 0) is 9.53 Å². The van der Waals surface area contributed by atoms with Crippen molar-refractivity contribution in [2.75, 3.05) is 40.4 Å². The molecule has 1 atom stereocenters. The third-order valence-corrected chi connectivity index (χ3v) is 2.61. The molecule has 0 rings (SSSR count). The van der Waals surface area contributed by atoms with Crippen LogP contribution in [0.4, 0.5) is 0 Å². The largest absolute Gasteiger partial charge is 0.389 e. The van der Waals surface area contributed by atoms with Crippen LogP contribution in [0.1, 0.15) is 32.6 Å². The fourth-order valence-electron chi connectivity index (χ4n) is 1.41. The molecule has 0 aliphatic heterocycles. The van der Waals surface area contributed by atoms with Gasteiger partial charge in [0.2, 0.25) is 5.91 Å². The normalized spacial score (nSPS) is 12.4. The number of nitrogens with zero attached hydrogens (tertiary/aromatic N) is 1. The lowest BCUT2D eigenvalue weighted by atomic mass is 10.2. The summed E-state index contributed by atoms with van der Waals surface area (Å²) in [5.41, 5.74) is 0. The molecule has 0 saturated carbocycles. The number of ether oxygens (including phenoxy) is 1. The molecule has 0 spiro atoms. The third kappa shape index (κ3) is 10.5. The molecular formula is C13H28N2O3. The van der Waals surface area contributed by atoms with Crippen molar-refractivity contribution in [2.24, 2.45) is 0 Å². The van der Waals surface area contributed by atoms with E-state index in [0.717, 1.165) is 6.42 Å². The molecule has 0 radical (unpaired) electrons. The molecule has 0 aliphatic rings. The monoisotopic (exact) mass is 260 g/mol. The molecule has 1 unspecified atom stereocenters. The van der Waals surface area contributed by atoms with Crippen LogP contribution < -0.4 is 5.32 Å². The number of likely N-dealkylation sites (N-methyl/N-ethyl adjacent to an activating group) is 1. The van der Waals surface area contributed by atoms with Crippen molar-refractivity contribution in [3.05, 3.63) is 0 Å². The predicted molar refractivity (Wildman–Crippen MR) is 72.5 cm³/mol. The van der Waals surface area contributed by atoms with Gasteiger partial charge in [0.1, 0.15) is 0 Å². The van der Waals surface area contributed by atoms with Crippen molar-refractivity contribution in [3.8, 4) is 0 Å². The van der Waals surface area contributed by atoms with Gasteiger partial charge in [-0.3, -0.25) is 4.79 Å². The molecule has 2 N–H and O–H groups in total. The summed E-state index contributed by atoms with van der Waals surface area (Å²) in [6.45, 7) is 3.84. The molecule has 108 valence electrons. The minimum absolute atomic E-state index is 0.00249. The maximum Gasteiger partial charge on any atom is 0.236 e. The van der Waals surface area contributed by atoms with E-state index >= 15 is 0 Å². The van der Waals surface area contributed by atoms with Gasteiger partial charge in [-0.2, -0.15) is 0 Å². The summed E-state index contributed by atoms with van der Waals surface area (Å²) >= 11 is 0. The molecule has 0 fully saturated rings. The number of hydrogen-bond acceptors (Lipinski definition) is 4. The summed E-state index contributed by atoms with van der Waals surface area (Å²) < 4.78 is 5.36. The van der Waals surface area contributed by atoms with Gasteiger partial charge in [0.05, 0.1) is 19.3 Å². The molecule has 0 heterocycles. The summed E-state index contributed by atoms with van der Waals surface area (Å²) in [7, 11) is 3.42. The minimum Gasteiger partial charge on any atom is -0.389 e. The van der Waals surface area contributed by atoms with Gasteiger partial charge >= 0.3 is 0 Å². The number of rotatable bonds is 11. The van der Waals surface area contributed by atoms with Crippen LogP contribution in [-0.4, -0.2) is 62.4 Å². The van der Waals surface area contributed by atoms with Gasteiger partial charge in [0.25, 0.3) is 0 Å². The Hall–Kier alpha value is -0.650. The minimum atomic E-state index is -0.550. The first-order valence-corrected chi connectivity index (χ1v) is 6.74. The third-order valence-electron chi connectivity index (χ3n) is 2.61. The van der Waals surface area contributed by atoms with E-state index in [9.17, 15) is 9.90 Å². The zero-order valence-corrected chi connectivity index (χ0v) is 11.9. The maximum absolute atomic E-state index is 11.2. The Labute approximate surface area is 110 Å². The Balaban J connectivity index is 3.32. The van der Waals surface area contributed by atoms with Gasteiger partial charge in [-0.25, -0.2) is 0 Å². The Kier molecular flexibility index (Phi) is 11.0. The fraction of sp³-hybridized carbons (Fsp3) is 0.923. The second-order valence-corrected chi connectivity index (χ2v) is 4.71. The summed E-state index contributed by atoms with van der Waals surface area (Å²) in [4.78, 5) is 12.8. The number of amides is 1. The molecule has 0 aliphatic carbocycles. The summed E-state index contributed by atoms with van der Waals surface area (Å²) in [5, 5.41) is 12.5. The Morgan fingerprint density at radius 3 is 2.67 bits per heavy atom. The molecule has 0 aromatic heterocycles. The maximum atomic E-state index is 11.2. The highest BCUT2D eigenvalue weighted by atomic mass is 16.5. The standard InChI is InChI=1S/C13H28N2O3/c1-4-5-6-7-8-18-11-12(16)9-14-10-13(17)15(2)3/h12,14,16H,4-11H2,1-3H3. The zero-order chi connectivity index (χ0) is 13.8. The predicted octanol–water partition coefficient (Wildman–Crippen LogP) is 0.622. The van der Waals surface area contributed by atoms with E-state index in [4.69, 9.17) is 4.74 Å². The smallest absolute Gasteiger partial charge is 0.236 e. The first-order chi connectivity index (χ1) is 8.57. The second kappa shape index (κ2) is 11.4. The van der Waals surface area contributed by atoms with E-state index in [-0.39, 0.29) is 12.5 Å². The van der Waals surface area contributed by atoms with Crippen LogP contribution in [0, 0.1) is 0 Å². The molecule has 18 heavy (non-hydrogen) atoms. The first-order valence-electron chi connectivity index (χ1n) is 6.74. The average molecular weight is 260 g/mol. The van der Waals surface area contributed by atoms with Crippen LogP contribution in [0.5, 0.6) is 0 Å². The lowest BCUT2D eigenvalue weighted by molar-refractivity contribution is -0.127. The quantitative estimate of drug-likeness (QED) is 0.535. The molecule has 0 bridgehead atoms. The molecule has 0 aromatic carbocycles. The number of carbonyl (C=O) groups is 1. The number of unbranched alkanes of at least 4 members (excludes halogenated alkanes) is 3. The molecule has 5 nitrogen and oxygen atoms in total. The Morgan fingerprint density at radius 1 is 1.33 bits per heavy atom. The lowest BCUT2D eigenvalue weighted by Gasteiger charge is -2.14. The molecular weight excluding hydrogens is 232 g/mol. The van der Waals surface area contributed by atoms with E-state index in [1.807, 2.05) is 0 Å². The first kappa shape index (κ1) is 17.4. The van der Waals surface area contributed by atoms with Crippen molar-refractivity contribution >= 4 is 5.91 Å². The topological polar surface area (TPSA) is 61.8 Å². The lowest BCUT2D eigenvalue weighted by Crippen LogP contribution is -2.38. The van der Waals surface area contributed by atoms with Crippen LogP contribution >= 0.6 is 0 Å². The number of carbonyl (C=O) groups excluding carboxylic acids is 1. The molecule has 5 heteroatoms. The zero-order valence-electron chi connectivity index (χ0n) is 11.9. The second-order valence-electron chi connectivity index (χ2n) is 4.71. The van der Waals surface area contributed by atoms with Gasteiger partial charge in [0, 0.05) is 27.2 Å². The van der Waals surface area contributed by atoms with Crippen LogP contribution in [0.25, 0.3) is 0 Å². The van der Waals surface area contributed by atoms with E-state index in [0.29, 0.717) is 19.8 Å². The highest BCUT2D eigenvalue weighted by Gasteiger charge is 2.06. The van der Waals surface area contributed by atoms with Gasteiger partial charge in [0.15, 0.2) is 0 Å². The summed E-state index contributed by atoms with van der Waals surface area (Å²) in [6, 6.07) is 0. The number of hydrogen-bond donors (Lipinski definition) is 2. The van der Waals surface area contributed by atoms with Gasteiger partial charge < -0.3 is 20.1 Å². The molecule has 0 aromatic rings. The number of aliphatic hydroxyl groups excluding tert-OH is 1. The molecule has 1 amide bonds. The van der Waals surface area contributed by atoms with E-state index in [2.05, 4.69) is 12.2 Å². The van der Waals surface area contributed by atoms with E-state index in [1.54, 1.807) is 14.1 Å². The van der Waals surface area contributed by atoms with Crippen molar-refractivity contribution in [1.29, 1.82) is 0 Å². The van der Waals surface area contributed by atoms with Crippen molar-refractivity contribution in [3.63, 3.8) is 0 Å². The van der Waals surface area contributed by atoms with Gasteiger partial charge in [-0.05, 0) is 6.42 Å². The van der Waals surface area contributed by atoms with Gasteiger partial charge in [-0.15, -0.1) is 0 Å². The van der Waals surface area contributed by atoms with Gasteiger partial charge in [-0.1, -0.05) is 26.2 Å². The number of aliphatic hydroxyl groups is 1. The summed E-state index contributed by atoms with van der Waals surface area (Å²) in [6.07, 6.45) is 4.13.